The summed E-state index contributed by atoms with van der Waals surface area (Å²) in [6, 6.07) is 3.54. The van der Waals surface area contributed by atoms with E-state index in [9.17, 15) is 18.0 Å². The predicted octanol–water partition coefficient (Wildman–Crippen LogP) is 0.0271. The van der Waals surface area contributed by atoms with E-state index < -0.39 is 35.1 Å². The smallest absolute Gasteiger partial charge is 0.329 e. The summed E-state index contributed by atoms with van der Waals surface area (Å²) in [7, 11) is -3.92. The highest BCUT2D eigenvalue weighted by atomic mass is 35.5. The van der Waals surface area contributed by atoms with Crippen molar-refractivity contribution in [2.75, 3.05) is 18.5 Å². The molecular formula is C10H11ClN2O6S. The van der Waals surface area contributed by atoms with Crippen molar-refractivity contribution in [3.05, 3.63) is 23.2 Å². The van der Waals surface area contributed by atoms with Crippen LogP contribution in [0, 0.1) is 0 Å². The van der Waals surface area contributed by atoms with E-state index >= 15 is 0 Å². The molecule has 0 bridgehead atoms. The lowest BCUT2D eigenvalue weighted by Gasteiger charge is -2.08. The average Bonchev–Trinajstić information content (AvgIpc) is 2.30. The zero-order chi connectivity index (χ0) is 15.3. The van der Waals surface area contributed by atoms with E-state index in [1.54, 1.807) is 0 Å². The van der Waals surface area contributed by atoms with Crippen LogP contribution >= 0.6 is 11.6 Å². The Kier molecular flexibility index (Phi) is 5.45. The Morgan fingerprint density at radius 3 is 2.55 bits per heavy atom. The number of ether oxygens (including phenoxy) is 1. The number of carbonyl (C=O) groups is 2. The fraction of sp³-hybridized carbons (Fsp3) is 0.200. The maximum absolute atomic E-state index is 11.4. The van der Waals surface area contributed by atoms with Crippen molar-refractivity contribution in [3.63, 3.8) is 0 Å². The first-order valence-electron chi connectivity index (χ1n) is 5.12. The summed E-state index contributed by atoms with van der Waals surface area (Å²) in [6.45, 7) is -1.14. The first-order valence-corrected chi connectivity index (χ1v) is 7.04. The Bertz CT molecular complexity index is 631. The van der Waals surface area contributed by atoms with E-state index in [0.717, 1.165) is 6.07 Å². The molecule has 0 fully saturated rings. The number of sulfonamides is 1. The van der Waals surface area contributed by atoms with Crippen LogP contribution in [-0.2, 0) is 24.3 Å². The second-order valence-corrected chi connectivity index (χ2v) is 5.59. The molecular weight excluding hydrogens is 312 g/mol. The second kappa shape index (κ2) is 6.66. The van der Waals surface area contributed by atoms with Crippen molar-refractivity contribution in [2.45, 2.75) is 4.90 Å². The fourth-order valence-corrected chi connectivity index (χ4v) is 1.90. The minimum Gasteiger partial charge on any atom is -0.480 e. The molecule has 0 saturated carbocycles. The molecule has 1 amide bonds. The van der Waals surface area contributed by atoms with Gasteiger partial charge < -0.3 is 15.2 Å². The minimum atomic E-state index is -3.92. The van der Waals surface area contributed by atoms with Crippen molar-refractivity contribution in [1.29, 1.82) is 0 Å². The summed E-state index contributed by atoms with van der Waals surface area (Å²) in [5.74, 6) is -1.90. The van der Waals surface area contributed by atoms with Crippen LogP contribution in [-0.4, -0.2) is 38.6 Å². The number of primary sulfonamides is 1. The summed E-state index contributed by atoms with van der Waals surface area (Å²) in [5, 5.41) is 15.7. The van der Waals surface area contributed by atoms with E-state index in [1.807, 2.05) is 0 Å². The Morgan fingerprint density at radius 1 is 1.35 bits per heavy atom. The zero-order valence-electron chi connectivity index (χ0n) is 10.00. The summed E-state index contributed by atoms with van der Waals surface area (Å²) >= 11 is 5.79. The van der Waals surface area contributed by atoms with Gasteiger partial charge in [0, 0.05) is 0 Å². The Morgan fingerprint density at radius 2 is 2.00 bits per heavy atom. The van der Waals surface area contributed by atoms with Crippen LogP contribution in [0.15, 0.2) is 23.1 Å². The van der Waals surface area contributed by atoms with Crippen molar-refractivity contribution in [3.8, 4) is 0 Å². The van der Waals surface area contributed by atoms with Gasteiger partial charge >= 0.3 is 5.97 Å². The maximum Gasteiger partial charge on any atom is 0.329 e. The number of carboxylic acids is 1. The Labute approximate surface area is 119 Å². The van der Waals surface area contributed by atoms with Crippen LogP contribution in [0.5, 0.6) is 0 Å². The zero-order valence-corrected chi connectivity index (χ0v) is 11.6. The molecule has 8 nitrogen and oxygen atoms in total. The number of hydrogen-bond donors (Lipinski definition) is 3. The van der Waals surface area contributed by atoms with Gasteiger partial charge in [0.1, 0.15) is 13.2 Å². The first kappa shape index (κ1) is 16.4. The van der Waals surface area contributed by atoms with Crippen LogP contribution in [0.4, 0.5) is 5.69 Å². The van der Waals surface area contributed by atoms with Crippen LogP contribution in [0.1, 0.15) is 0 Å². The number of carboxylic acid groups (broad SMARTS) is 1. The lowest BCUT2D eigenvalue weighted by atomic mass is 10.3. The molecule has 0 aliphatic carbocycles. The van der Waals surface area contributed by atoms with Crippen LogP contribution in [0.25, 0.3) is 0 Å². The van der Waals surface area contributed by atoms with Gasteiger partial charge in [0.25, 0.3) is 0 Å². The van der Waals surface area contributed by atoms with Crippen LogP contribution < -0.4 is 10.5 Å². The van der Waals surface area contributed by atoms with E-state index in [-0.39, 0.29) is 15.6 Å². The molecule has 0 aromatic heterocycles. The molecule has 0 aliphatic heterocycles. The standard InChI is InChI=1S/C10H11ClN2O6S/c11-7-2-1-6(20(12,17)18)3-8(7)13-9(14)4-19-5-10(15)16/h1-3H,4-5H2,(H,13,14)(H,15,16)(H2,12,17,18). The second-order valence-electron chi connectivity index (χ2n) is 3.62. The number of benzene rings is 1. The number of aliphatic carboxylic acids is 1. The first-order chi connectivity index (χ1) is 9.20. The number of nitrogens with two attached hydrogens (primary N) is 1. The lowest BCUT2D eigenvalue weighted by Crippen LogP contribution is -2.21. The van der Waals surface area contributed by atoms with Gasteiger partial charge in [0.2, 0.25) is 15.9 Å². The summed E-state index contributed by atoms with van der Waals surface area (Å²) in [5.41, 5.74) is 0.0297. The summed E-state index contributed by atoms with van der Waals surface area (Å²) in [6.07, 6.45) is 0. The largest absolute Gasteiger partial charge is 0.480 e. The van der Waals surface area contributed by atoms with Gasteiger partial charge in [-0.3, -0.25) is 4.79 Å². The van der Waals surface area contributed by atoms with E-state index in [4.69, 9.17) is 21.8 Å². The van der Waals surface area contributed by atoms with Gasteiger partial charge in [-0.05, 0) is 18.2 Å². The lowest BCUT2D eigenvalue weighted by molar-refractivity contribution is -0.143. The third-order valence-corrected chi connectivity index (χ3v) is 3.24. The number of halogens is 1. The number of nitrogens with one attached hydrogen (secondary N) is 1. The summed E-state index contributed by atoms with van der Waals surface area (Å²) in [4.78, 5) is 21.4. The number of carbonyl (C=O) groups excluding carboxylic acids is 1. The number of amides is 1. The van der Waals surface area contributed by atoms with Crippen LogP contribution in [0.3, 0.4) is 0 Å². The highest BCUT2D eigenvalue weighted by Gasteiger charge is 2.13. The highest BCUT2D eigenvalue weighted by molar-refractivity contribution is 7.89. The number of hydrogen-bond acceptors (Lipinski definition) is 5. The minimum absolute atomic E-state index is 0.0297. The molecule has 110 valence electrons. The van der Waals surface area contributed by atoms with E-state index in [1.165, 1.54) is 12.1 Å². The van der Waals surface area contributed by atoms with Crippen molar-refractivity contribution < 1.29 is 27.9 Å². The molecule has 20 heavy (non-hydrogen) atoms. The highest BCUT2D eigenvalue weighted by Crippen LogP contribution is 2.24. The van der Waals surface area contributed by atoms with Crippen molar-refractivity contribution >= 4 is 39.2 Å². The third-order valence-electron chi connectivity index (χ3n) is 2.00. The molecule has 0 unspecified atom stereocenters. The molecule has 0 atom stereocenters. The quantitative estimate of drug-likeness (QED) is 0.676. The number of rotatable bonds is 6. The molecule has 0 saturated heterocycles. The van der Waals surface area contributed by atoms with Gasteiger partial charge in [-0.1, -0.05) is 11.6 Å². The normalized spacial score (nSPS) is 11.1. The molecule has 1 rings (SSSR count). The number of anilines is 1. The van der Waals surface area contributed by atoms with Gasteiger partial charge in [0.15, 0.2) is 0 Å². The Balaban J connectivity index is 2.77. The average molecular weight is 323 g/mol. The molecule has 4 N–H and O–H groups in total. The van der Waals surface area contributed by atoms with Gasteiger partial charge in [0.05, 0.1) is 15.6 Å². The molecule has 0 aliphatic rings. The fourth-order valence-electron chi connectivity index (χ4n) is 1.19. The molecule has 1 aromatic rings. The van der Waals surface area contributed by atoms with Crippen LogP contribution in [0.2, 0.25) is 5.02 Å². The van der Waals surface area contributed by atoms with E-state index in [0.29, 0.717) is 0 Å². The third kappa shape index (κ3) is 5.13. The van der Waals surface area contributed by atoms with Crippen molar-refractivity contribution in [2.24, 2.45) is 5.14 Å². The predicted molar refractivity (Wildman–Crippen MR) is 69.9 cm³/mol. The molecule has 0 spiro atoms. The van der Waals surface area contributed by atoms with Gasteiger partial charge in [-0.15, -0.1) is 0 Å². The molecule has 0 heterocycles. The van der Waals surface area contributed by atoms with Crippen molar-refractivity contribution in [1.82, 2.24) is 0 Å². The molecule has 10 heteroatoms. The SMILES string of the molecule is NS(=O)(=O)c1ccc(Cl)c(NC(=O)COCC(=O)O)c1. The Hall–Kier alpha value is -1.68. The van der Waals surface area contributed by atoms with Gasteiger partial charge in [-0.2, -0.15) is 0 Å². The summed E-state index contributed by atoms with van der Waals surface area (Å²) < 4.78 is 26.9. The molecule has 0 radical (unpaired) electrons. The van der Waals surface area contributed by atoms with E-state index in [2.05, 4.69) is 10.1 Å². The van der Waals surface area contributed by atoms with Gasteiger partial charge in [-0.25, -0.2) is 18.4 Å². The topological polar surface area (TPSA) is 136 Å². The molecule has 1 aromatic carbocycles. The monoisotopic (exact) mass is 322 g/mol. The maximum atomic E-state index is 11.4.